The zero-order valence-corrected chi connectivity index (χ0v) is 15.1. The van der Waals surface area contributed by atoms with Crippen LogP contribution in [0.4, 0.5) is 0 Å². The standard InChI is InChI=1S/C17H16N2O3S2/c1-10-4-5-11(2)18(10)19-16(21)15(24-17(19)23)9-12-6-7-14(22-3)13(20)8-12/h4-9,20H,1-3H3/b15-9+. The van der Waals surface area contributed by atoms with Crippen molar-refractivity contribution in [2.75, 3.05) is 12.1 Å². The van der Waals surface area contributed by atoms with Crippen LogP contribution in [0, 0.1) is 13.8 Å². The fourth-order valence-corrected chi connectivity index (χ4v) is 3.80. The molecule has 24 heavy (non-hydrogen) atoms. The Morgan fingerprint density at radius 2 is 1.88 bits per heavy atom. The summed E-state index contributed by atoms with van der Waals surface area (Å²) in [6, 6.07) is 8.87. The lowest BCUT2D eigenvalue weighted by atomic mass is 10.2. The normalized spacial score (nSPS) is 16.3. The summed E-state index contributed by atoms with van der Waals surface area (Å²) in [7, 11) is 1.49. The van der Waals surface area contributed by atoms with Crippen LogP contribution in [0.25, 0.3) is 6.08 Å². The number of methoxy groups -OCH3 is 1. The van der Waals surface area contributed by atoms with Crippen molar-refractivity contribution in [1.82, 2.24) is 4.68 Å². The molecule has 1 fully saturated rings. The van der Waals surface area contributed by atoms with Gasteiger partial charge >= 0.3 is 0 Å². The first-order chi connectivity index (χ1) is 11.4. The van der Waals surface area contributed by atoms with Gasteiger partial charge in [-0.1, -0.05) is 17.8 Å². The van der Waals surface area contributed by atoms with Gasteiger partial charge in [0, 0.05) is 11.4 Å². The van der Waals surface area contributed by atoms with Gasteiger partial charge in [-0.2, -0.15) is 5.01 Å². The van der Waals surface area contributed by atoms with Crippen LogP contribution in [-0.2, 0) is 4.79 Å². The largest absolute Gasteiger partial charge is 0.504 e. The molecule has 0 radical (unpaired) electrons. The molecule has 5 nitrogen and oxygen atoms in total. The van der Waals surface area contributed by atoms with E-state index in [1.54, 1.807) is 24.3 Å². The van der Waals surface area contributed by atoms with Crippen LogP contribution in [0.1, 0.15) is 17.0 Å². The van der Waals surface area contributed by atoms with Gasteiger partial charge in [-0.25, -0.2) is 0 Å². The Morgan fingerprint density at radius 1 is 1.21 bits per heavy atom. The van der Waals surface area contributed by atoms with E-state index in [0.717, 1.165) is 11.4 Å². The van der Waals surface area contributed by atoms with Gasteiger partial charge in [-0.05, 0) is 62.0 Å². The van der Waals surface area contributed by atoms with Gasteiger partial charge in [0.1, 0.15) is 0 Å². The molecule has 0 bridgehead atoms. The van der Waals surface area contributed by atoms with Crippen molar-refractivity contribution in [3.05, 3.63) is 52.2 Å². The maximum atomic E-state index is 12.8. The van der Waals surface area contributed by atoms with Crippen molar-refractivity contribution in [3.8, 4) is 11.5 Å². The van der Waals surface area contributed by atoms with Crippen molar-refractivity contribution in [2.45, 2.75) is 13.8 Å². The minimum Gasteiger partial charge on any atom is -0.504 e. The lowest BCUT2D eigenvalue weighted by Gasteiger charge is -2.20. The van der Waals surface area contributed by atoms with E-state index in [1.807, 2.05) is 30.7 Å². The van der Waals surface area contributed by atoms with Gasteiger partial charge in [0.05, 0.1) is 12.0 Å². The van der Waals surface area contributed by atoms with Crippen molar-refractivity contribution in [3.63, 3.8) is 0 Å². The molecule has 2 heterocycles. The molecule has 124 valence electrons. The van der Waals surface area contributed by atoms with Crippen molar-refractivity contribution >= 4 is 40.3 Å². The van der Waals surface area contributed by atoms with E-state index in [2.05, 4.69) is 0 Å². The molecule has 1 saturated heterocycles. The van der Waals surface area contributed by atoms with E-state index >= 15 is 0 Å². The van der Waals surface area contributed by atoms with Crippen LogP contribution in [-0.4, -0.2) is 27.1 Å². The number of nitrogens with zero attached hydrogens (tertiary/aromatic N) is 2. The first-order valence-electron chi connectivity index (χ1n) is 7.22. The molecular weight excluding hydrogens is 344 g/mol. The summed E-state index contributed by atoms with van der Waals surface area (Å²) in [6.45, 7) is 3.85. The Kier molecular flexibility index (Phi) is 4.38. The highest BCUT2D eigenvalue weighted by molar-refractivity contribution is 8.27. The molecule has 1 aromatic carbocycles. The molecule has 3 rings (SSSR count). The summed E-state index contributed by atoms with van der Waals surface area (Å²) in [6.07, 6.45) is 1.71. The fourth-order valence-electron chi connectivity index (χ4n) is 2.56. The Morgan fingerprint density at radius 3 is 2.46 bits per heavy atom. The molecule has 7 heteroatoms. The number of amides is 1. The Bertz CT molecular complexity index is 851. The summed E-state index contributed by atoms with van der Waals surface area (Å²) in [5, 5.41) is 11.4. The van der Waals surface area contributed by atoms with Crippen molar-refractivity contribution in [2.24, 2.45) is 0 Å². The summed E-state index contributed by atoms with van der Waals surface area (Å²) >= 11 is 6.62. The quantitative estimate of drug-likeness (QED) is 0.672. The smallest absolute Gasteiger partial charge is 0.285 e. The molecule has 0 spiro atoms. The number of aryl methyl sites for hydroxylation is 2. The predicted octanol–water partition coefficient (Wildman–Crippen LogP) is 3.36. The van der Waals surface area contributed by atoms with Crippen molar-refractivity contribution in [1.29, 1.82) is 0 Å². The maximum Gasteiger partial charge on any atom is 0.285 e. The molecule has 1 aliphatic rings. The molecule has 1 aliphatic heterocycles. The zero-order chi connectivity index (χ0) is 17.4. The number of ether oxygens (including phenoxy) is 1. The third kappa shape index (κ3) is 2.81. The highest BCUT2D eigenvalue weighted by Crippen LogP contribution is 2.34. The average Bonchev–Trinajstić information content (AvgIpc) is 2.99. The Hall–Kier alpha value is -2.25. The van der Waals surface area contributed by atoms with Crippen LogP contribution < -0.4 is 9.75 Å². The molecule has 1 amide bonds. The van der Waals surface area contributed by atoms with Crippen LogP contribution in [0.2, 0.25) is 0 Å². The molecule has 1 aromatic heterocycles. The highest BCUT2D eigenvalue weighted by Gasteiger charge is 2.34. The van der Waals surface area contributed by atoms with Gasteiger partial charge in [0.25, 0.3) is 5.91 Å². The van der Waals surface area contributed by atoms with Gasteiger partial charge < -0.3 is 9.84 Å². The van der Waals surface area contributed by atoms with Crippen LogP contribution in [0.5, 0.6) is 11.5 Å². The summed E-state index contributed by atoms with van der Waals surface area (Å²) < 4.78 is 7.31. The number of thiocarbonyl (C=S) groups is 1. The Labute approximate surface area is 149 Å². The number of carbonyl (C=O) groups excluding carboxylic acids is 1. The monoisotopic (exact) mass is 360 g/mol. The van der Waals surface area contributed by atoms with Gasteiger partial charge in [0.2, 0.25) is 0 Å². The lowest BCUT2D eigenvalue weighted by molar-refractivity contribution is -0.114. The first kappa shape index (κ1) is 16.6. The van der Waals surface area contributed by atoms with E-state index in [4.69, 9.17) is 17.0 Å². The number of phenols is 1. The second kappa shape index (κ2) is 6.33. The van der Waals surface area contributed by atoms with Crippen LogP contribution >= 0.6 is 24.0 Å². The first-order valence-corrected chi connectivity index (χ1v) is 8.45. The topological polar surface area (TPSA) is 54.7 Å². The van der Waals surface area contributed by atoms with E-state index in [1.165, 1.54) is 23.9 Å². The summed E-state index contributed by atoms with van der Waals surface area (Å²) in [4.78, 5) is 13.3. The van der Waals surface area contributed by atoms with Gasteiger partial charge in [-0.3, -0.25) is 9.47 Å². The number of rotatable bonds is 3. The second-order valence-electron chi connectivity index (χ2n) is 5.35. The van der Waals surface area contributed by atoms with Crippen LogP contribution in [0.3, 0.4) is 0 Å². The zero-order valence-electron chi connectivity index (χ0n) is 13.4. The average molecular weight is 360 g/mol. The number of aromatic nitrogens is 1. The molecule has 0 saturated carbocycles. The SMILES string of the molecule is COc1ccc(/C=C2/SC(=S)N(n3c(C)ccc3C)C2=O)cc1O. The number of hydrogen-bond acceptors (Lipinski definition) is 5. The maximum absolute atomic E-state index is 12.8. The number of hydrogen-bond donors (Lipinski definition) is 1. The third-order valence-electron chi connectivity index (χ3n) is 3.71. The molecular formula is C17H16N2O3S2. The summed E-state index contributed by atoms with van der Waals surface area (Å²) in [5.41, 5.74) is 2.58. The van der Waals surface area contributed by atoms with Gasteiger partial charge in [0.15, 0.2) is 15.8 Å². The third-order valence-corrected chi connectivity index (χ3v) is 4.99. The van der Waals surface area contributed by atoms with Crippen molar-refractivity contribution < 1.29 is 14.6 Å². The van der Waals surface area contributed by atoms with E-state index < -0.39 is 0 Å². The summed E-state index contributed by atoms with van der Waals surface area (Å²) in [5.74, 6) is 0.236. The number of phenolic OH excluding ortho intramolecular Hbond substituents is 1. The number of benzene rings is 1. The molecule has 0 aliphatic carbocycles. The number of aromatic hydroxyl groups is 1. The molecule has 0 unspecified atom stereocenters. The lowest BCUT2D eigenvalue weighted by Crippen LogP contribution is -2.39. The Balaban J connectivity index is 1.96. The number of carbonyl (C=O) groups is 1. The minimum absolute atomic E-state index is 0.0267. The van der Waals surface area contributed by atoms with E-state index in [0.29, 0.717) is 20.5 Å². The van der Waals surface area contributed by atoms with E-state index in [9.17, 15) is 9.90 Å². The predicted molar refractivity (Wildman–Crippen MR) is 100.0 cm³/mol. The molecule has 2 aromatic rings. The fraction of sp³-hybridized carbons (Fsp3) is 0.176. The molecule has 0 atom stereocenters. The highest BCUT2D eigenvalue weighted by atomic mass is 32.2. The minimum atomic E-state index is -0.178. The second-order valence-corrected chi connectivity index (χ2v) is 7.03. The van der Waals surface area contributed by atoms with E-state index in [-0.39, 0.29) is 11.7 Å². The number of thioether (sulfide) groups is 1. The van der Waals surface area contributed by atoms with Crippen LogP contribution in [0.15, 0.2) is 35.2 Å². The van der Waals surface area contributed by atoms with Gasteiger partial charge in [-0.15, -0.1) is 0 Å². The molecule has 1 N–H and O–H groups in total.